The van der Waals surface area contributed by atoms with Crippen molar-refractivity contribution in [3.05, 3.63) is 64.7 Å². The van der Waals surface area contributed by atoms with Crippen molar-refractivity contribution in [3.8, 4) is 5.75 Å². The van der Waals surface area contributed by atoms with Crippen molar-refractivity contribution in [1.82, 2.24) is 5.32 Å². The molecule has 0 bridgehead atoms. The van der Waals surface area contributed by atoms with Gasteiger partial charge in [-0.15, -0.1) is 0 Å². The number of hydrogen-bond donors (Lipinski definition) is 1. The third-order valence-corrected chi connectivity index (χ3v) is 6.50. The van der Waals surface area contributed by atoms with Crippen LogP contribution in [0.15, 0.2) is 42.5 Å². The summed E-state index contributed by atoms with van der Waals surface area (Å²) in [6.07, 6.45) is 4.91. The predicted molar refractivity (Wildman–Crippen MR) is 124 cm³/mol. The van der Waals surface area contributed by atoms with Crippen LogP contribution in [0.5, 0.6) is 5.75 Å². The van der Waals surface area contributed by atoms with Crippen molar-refractivity contribution >= 4 is 5.91 Å². The molecule has 2 aliphatic rings. The first-order chi connectivity index (χ1) is 14.9. The van der Waals surface area contributed by atoms with Crippen molar-refractivity contribution in [2.45, 2.75) is 76.9 Å². The lowest BCUT2D eigenvalue weighted by Crippen LogP contribution is -2.38. The standard InChI is InChI=1S/C27H35NO3/c1-19(2)22-8-4-21(5-9-22)17-27(3)18-23-16-20(6-10-25(23)31-27)7-11-26(29)28-24-12-14-30-15-13-24/h4-6,8-10,16,19,24H,7,11-15,17-18H2,1-3H3,(H,28,29)/t27-/m0/s1. The smallest absolute Gasteiger partial charge is 0.220 e. The van der Waals surface area contributed by atoms with E-state index < -0.39 is 0 Å². The van der Waals surface area contributed by atoms with E-state index in [1.54, 1.807) is 0 Å². The highest BCUT2D eigenvalue weighted by molar-refractivity contribution is 5.76. The van der Waals surface area contributed by atoms with Crippen LogP contribution in [-0.4, -0.2) is 30.8 Å². The first kappa shape index (κ1) is 21.9. The summed E-state index contributed by atoms with van der Waals surface area (Å²) in [6.45, 7) is 8.13. The van der Waals surface area contributed by atoms with E-state index in [1.807, 2.05) is 0 Å². The van der Waals surface area contributed by atoms with Crippen molar-refractivity contribution < 1.29 is 14.3 Å². The molecule has 1 N–H and O–H groups in total. The van der Waals surface area contributed by atoms with Gasteiger partial charge in [0.1, 0.15) is 11.4 Å². The number of fused-ring (bicyclic) bond motifs is 1. The fraction of sp³-hybridized carbons (Fsp3) is 0.519. The predicted octanol–water partition coefficient (Wildman–Crippen LogP) is 4.97. The second-order valence-corrected chi connectivity index (χ2v) is 9.70. The van der Waals surface area contributed by atoms with E-state index in [9.17, 15) is 4.79 Å². The highest BCUT2D eigenvalue weighted by Gasteiger charge is 2.35. The van der Waals surface area contributed by atoms with E-state index in [-0.39, 0.29) is 17.6 Å². The zero-order chi connectivity index (χ0) is 21.8. The highest BCUT2D eigenvalue weighted by Crippen LogP contribution is 2.37. The van der Waals surface area contributed by atoms with Crippen LogP contribution < -0.4 is 10.1 Å². The van der Waals surface area contributed by atoms with Gasteiger partial charge in [-0.2, -0.15) is 0 Å². The van der Waals surface area contributed by atoms with Crippen molar-refractivity contribution in [1.29, 1.82) is 0 Å². The Hall–Kier alpha value is -2.33. The number of carbonyl (C=O) groups excluding carboxylic acids is 1. The molecule has 166 valence electrons. The number of rotatable bonds is 7. The van der Waals surface area contributed by atoms with Crippen molar-refractivity contribution in [2.24, 2.45) is 0 Å². The Balaban J connectivity index is 1.32. The maximum absolute atomic E-state index is 12.3. The van der Waals surface area contributed by atoms with Gasteiger partial charge in [0.25, 0.3) is 0 Å². The van der Waals surface area contributed by atoms with Gasteiger partial charge in [-0.1, -0.05) is 50.2 Å². The first-order valence-electron chi connectivity index (χ1n) is 11.7. The van der Waals surface area contributed by atoms with Crippen LogP contribution in [0.1, 0.15) is 68.2 Å². The summed E-state index contributed by atoms with van der Waals surface area (Å²) in [5.41, 5.74) is 4.92. The molecule has 0 saturated carbocycles. The van der Waals surface area contributed by atoms with E-state index >= 15 is 0 Å². The number of benzene rings is 2. The SMILES string of the molecule is CC(C)c1ccc(C[C@@]2(C)Cc3cc(CCC(=O)NC4CCOCC4)ccc3O2)cc1. The minimum Gasteiger partial charge on any atom is -0.487 e. The van der Waals surface area contributed by atoms with Gasteiger partial charge in [0.15, 0.2) is 0 Å². The summed E-state index contributed by atoms with van der Waals surface area (Å²) in [5.74, 6) is 1.67. The first-order valence-corrected chi connectivity index (χ1v) is 11.7. The molecule has 1 atom stereocenters. The molecule has 0 radical (unpaired) electrons. The maximum Gasteiger partial charge on any atom is 0.220 e. The lowest BCUT2D eigenvalue weighted by Gasteiger charge is -2.24. The topological polar surface area (TPSA) is 47.6 Å². The number of ether oxygens (including phenoxy) is 2. The van der Waals surface area contributed by atoms with Crippen molar-refractivity contribution in [2.75, 3.05) is 13.2 Å². The van der Waals surface area contributed by atoms with Crippen LogP contribution in [0.3, 0.4) is 0 Å². The average Bonchev–Trinajstić information content (AvgIpc) is 3.08. The fourth-order valence-corrected chi connectivity index (χ4v) is 4.68. The number of nitrogens with one attached hydrogen (secondary N) is 1. The lowest BCUT2D eigenvalue weighted by atomic mass is 9.90. The molecule has 4 heteroatoms. The number of hydrogen-bond acceptors (Lipinski definition) is 3. The zero-order valence-corrected chi connectivity index (χ0v) is 19.1. The molecule has 1 fully saturated rings. The molecular formula is C27H35NO3. The molecule has 1 saturated heterocycles. The molecule has 31 heavy (non-hydrogen) atoms. The Morgan fingerprint density at radius 3 is 2.52 bits per heavy atom. The molecule has 2 aromatic rings. The van der Waals surface area contributed by atoms with Crippen LogP contribution in [0.25, 0.3) is 0 Å². The van der Waals surface area contributed by atoms with E-state index in [2.05, 4.69) is 68.6 Å². The minimum absolute atomic E-state index is 0.137. The molecule has 1 amide bonds. The Morgan fingerprint density at radius 1 is 1.10 bits per heavy atom. The van der Waals surface area contributed by atoms with Crippen LogP contribution in [0, 0.1) is 0 Å². The molecule has 4 nitrogen and oxygen atoms in total. The van der Waals surface area contributed by atoms with Gasteiger partial charge in [-0.3, -0.25) is 4.79 Å². The molecule has 0 aromatic heterocycles. The molecule has 2 aliphatic heterocycles. The quantitative estimate of drug-likeness (QED) is 0.686. The minimum atomic E-state index is -0.221. The van der Waals surface area contributed by atoms with Crippen LogP contribution in [0.4, 0.5) is 0 Å². The number of aryl methyl sites for hydroxylation is 1. The maximum atomic E-state index is 12.3. The summed E-state index contributed by atoms with van der Waals surface area (Å²) in [5, 5.41) is 3.15. The molecule has 4 rings (SSSR count). The van der Waals surface area contributed by atoms with Gasteiger partial charge in [0.05, 0.1) is 0 Å². The average molecular weight is 422 g/mol. The van der Waals surface area contributed by atoms with E-state index in [1.165, 1.54) is 22.3 Å². The monoisotopic (exact) mass is 421 g/mol. The Kier molecular flexibility index (Phi) is 6.66. The lowest BCUT2D eigenvalue weighted by molar-refractivity contribution is -0.122. The van der Waals surface area contributed by atoms with Crippen LogP contribution in [0.2, 0.25) is 0 Å². The summed E-state index contributed by atoms with van der Waals surface area (Å²) in [6, 6.07) is 15.6. The Labute approximate surface area is 186 Å². The molecule has 2 heterocycles. The van der Waals surface area contributed by atoms with Gasteiger partial charge in [0, 0.05) is 38.5 Å². The third kappa shape index (κ3) is 5.68. The second kappa shape index (κ2) is 9.44. The fourth-order valence-electron chi connectivity index (χ4n) is 4.68. The van der Waals surface area contributed by atoms with Gasteiger partial charge >= 0.3 is 0 Å². The summed E-state index contributed by atoms with van der Waals surface area (Å²) in [4.78, 5) is 12.3. The second-order valence-electron chi connectivity index (χ2n) is 9.70. The Bertz CT molecular complexity index is 899. The van der Waals surface area contributed by atoms with E-state index in [0.717, 1.165) is 51.1 Å². The summed E-state index contributed by atoms with van der Waals surface area (Å²) >= 11 is 0. The van der Waals surface area contributed by atoms with Crippen LogP contribution in [-0.2, 0) is 28.8 Å². The van der Waals surface area contributed by atoms with Crippen molar-refractivity contribution in [3.63, 3.8) is 0 Å². The normalized spacial score (nSPS) is 21.0. The summed E-state index contributed by atoms with van der Waals surface area (Å²) in [7, 11) is 0. The molecular weight excluding hydrogens is 386 g/mol. The van der Waals surface area contributed by atoms with Gasteiger partial charge in [-0.25, -0.2) is 0 Å². The van der Waals surface area contributed by atoms with E-state index in [0.29, 0.717) is 12.3 Å². The van der Waals surface area contributed by atoms with Crippen LogP contribution >= 0.6 is 0 Å². The van der Waals surface area contributed by atoms with Gasteiger partial charge < -0.3 is 14.8 Å². The largest absolute Gasteiger partial charge is 0.487 e. The third-order valence-electron chi connectivity index (χ3n) is 6.50. The number of carbonyl (C=O) groups is 1. The van der Waals surface area contributed by atoms with Gasteiger partial charge in [-0.05, 0) is 60.4 Å². The Morgan fingerprint density at radius 2 is 1.81 bits per heavy atom. The summed E-state index contributed by atoms with van der Waals surface area (Å²) < 4.78 is 11.7. The molecule has 2 aromatic carbocycles. The molecule has 0 spiro atoms. The zero-order valence-electron chi connectivity index (χ0n) is 19.1. The highest BCUT2D eigenvalue weighted by atomic mass is 16.5. The molecule has 0 aliphatic carbocycles. The van der Waals surface area contributed by atoms with Gasteiger partial charge in [0.2, 0.25) is 5.91 Å². The van der Waals surface area contributed by atoms with E-state index in [4.69, 9.17) is 9.47 Å². The molecule has 0 unspecified atom stereocenters. The number of amides is 1.